The monoisotopic (exact) mass is 208 g/mol. The molecule has 0 aliphatic carbocycles. The summed E-state index contributed by atoms with van der Waals surface area (Å²) in [4.78, 5) is 23.7. The summed E-state index contributed by atoms with van der Waals surface area (Å²) in [6.45, 7) is 0. The van der Waals surface area contributed by atoms with Crippen molar-refractivity contribution in [2.45, 2.75) is 6.04 Å². The number of amides is 3. The van der Waals surface area contributed by atoms with Gasteiger partial charge in [0.25, 0.3) is 5.91 Å². The molecule has 1 aliphatic rings. The molecule has 3 amide bonds. The maximum absolute atomic E-state index is 12.6. The second kappa shape index (κ2) is 3.34. The molecule has 1 aromatic rings. The maximum Gasteiger partial charge on any atom is 0.324 e. The largest absolute Gasteiger partial charge is 0.324 e. The molecule has 0 saturated carbocycles. The van der Waals surface area contributed by atoms with Crippen molar-refractivity contribution >= 4 is 11.9 Å². The first kappa shape index (κ1) is 9.64. The normalized spacial score (nSPS) is 20.7. The number of nitrogens with zero attached hydrogens (tertiary/aromatic N) is 1. The maximum atomic E-state index is 12.6. The molecular weight excluding hydrogens is 199 g/mol. The molecule has 1 aromatic carbocycles. The third-order valence-electron chi connectivity index (χ3n) is 2.35. The molecule has 1 aliphatic heterocycles. The van der Waals surface area contributed by atoms with Gasteiger partial charge in [0.05, 0.1) is 0 Å². The van der Waals surface area contributed by atoms with E-state index in [2.05, 4.69) is 5.32 Å². The van der Waals surface area contributed by atoms with Gasteiger partial charge >= 0.3 is 6.03 Å². The van der Waals surface area contributed by atoms with Crippen LogP contribution < -0.4 is 5.32 Å². The molecule has 1 saturated heterocycles. The van der Waals surface area contributed by atoms with Crippen molar-refractivity contribution < 1.29 is 14.0 Å². The van der Waals surface area contributed by atoms with Gasteiger partial charge in [-0.25, -0.2) is 9.18 Å². The second-order valence-corrected chi connectivity index (χ2v) is 3.33. The summed E-state index contributed by atoms with van der Waals surface area (Å²) in [5.74, 6) is -0.699. The van der Waals surface area contributed by atoms with E-state index in [4.69, 9.17) is 0 Å². The summed E-state index contributed by atoms with van der Waals surface area (Å²) in [6.07, 6.45) is 0. The predicted molar refractivity (Wildman–Crippen MR) is 50.4 cm³/mol. The zero-order chi connectivity index (χ0) is 11.0. The third-order valence-corrected chi connectivity index (χ3v) is 2.35. The van der Waals surface area contributed by atoms with Gasteiger partial charge in [0, 0.05) is 7.05 Å². The van der Waals surface area contributed by atoms with Gasteiger partial charge in [0.15, 0.2) is 0 Å². The summed E-state index contributed by atoms with van der Waals surface area (Å²) in [5, 5.41) is 2.50. The molecule has 5 heteroatoms. The summed E-state index contributed by atoms with van der Waals surface area (Å²) in [6, 6.07) is 4.35. The number of rotatable bonds is 1. The minimum Gasteiger partial charge on any atom is -0.322 e. The first-order chi connectivity index (χ1) is 7.09. The van der Waals surface area contributed by atoms with E-state index < -0.39 is 12.1 Å². The van der Waals surface area contributed by atoms with Crippen LogP contribution in [-0.2, 0) is 4.79 Å². The Kier molecular flexibility index (Phi) is 2.15. The lowest BCUT2D eigenvalue weighted by Crippen LogP contribution is -2.25. The van der Waals surface area contributed by atoms with Gasteiger partial charge in [0.1, 0.15) is 11.9 Å². The summed E-state index contributed by atoms with van der Waals surface area (Å²) in [5.41, 5.74) is 0.583. The fourth-order valence-corrected chi connectivity index (χ4v) is 1.46. The lowest BCUT2D eigenvalue weighted by atomic mass is 10.1. The number of benzene rings is 1. The van der Waals surface area contributed by atoms with Crippen LogP contribution in [0.2, 0.25) is 0 Å². The molecule has 0 bridgehead atoms. The van der Waals surface area contributed by atoms with E-state index in [-0.39, 0.29) is 11.7 Å². The van der Waals surface area contributed by atoms with E-state index >= 15 is 0 Å². The fraction of sp³-hybridized carbons (Fsp3) is 0.200. The highest BCUT2D eigenvalue weighted by Crippen LogP contribution is 2.20. The van der Waals surface area contributed by atoms with Crippen molar-refractivity contribution in [3.63, 3.8) is 0 Å². The van der Waals surface area contributed by atoms with Crippen molar-refractivity contribution in [3.8, 4) is 0 Å². The Bertz CT molecular complexity index is 416. The van der Waals surface area contributed by atoms with Gasteiger partial charge in [-0.1, -0.05) is 12.1 Å². The van der Waals surface area contributed by atoms with E-state index in [1.807, 2.05) is 0 Å². The van der Waals surface area contributed by atoms with Crippen LogP contribution in [0, 0.1) is 5.82 Å². The molecule has 1 unspecified atom stereocenters. The smallest absolute Gasteiger partial charge is 0.322 e. The number of carbonyl (C=O) groups excluding carboxylic acids is 2. The van der Waals surface area contributed by atoms with E-state index in [0.717, 1.165) is 4.90 Å². The Morgan fingerprint density at radius 3 is 2.33 bits per heavy atom. The Morgan fingerprint density at radius 2 is 1.87 bits per heavy atom. The number of hydrogen-bond acceptors (Lipinski definition) is 2. The first-order valence-electron chi connectivity index (χ1n) is 4.43. The van der Waals surface area contributed by atoms with Crippen molar-refractivity contribution in [1.29, 1.82) is 0 Å². The van der Waals surface area contributed by atoms with Crippen LogP contribution >= 0.6 is 0 Å². The van der Waals surface area contributed by atoms with Crippen molar-refractivity contribution in [1.82, 2.24) is 10.2 Å². The number of hydrogen-bond donors (Lipinski definition) is 1. The Labute approximate surface area is 85.7 Å². The zero-order valence-electron chi connectivity index (χ0n) is 8.03. The molecule has 15 heavy (non-hydrogen) atoms. The summed E-state index contributed by atoms with van der Waals surface area (Å²) in [7, 11) is 1.40. The van der Waals surface area contributed by atoms with E-state index in [9.17, 15) is 14.0 Å². The van der Waals surface area contributed by atoms with E-state index in [0.29, 0.717) is 5.56 Å². The number of halogens is 1. The van der Waals surface area contributed by atoms with Crippen LogP contribution in [-0.4, -0.2) is 23.9 Å². The number of nitrogens with one attached hydrogen (secondary N) is 1. The van der Waals surface area contributed by atoms with Crippen LogP contribution in [0.4, 0.5) is 9.18 Å². The summed E-state index contributed by atoms with van der Waals surface area (Å²) < 4.78 is 12.6. The average molecular weight is 208 g/mol. The van der Waals surface area contributed by atoms with Crippen LogP contribution in [0.5, 0.6) is 0 Å². The molecule has 2 rings (SSSR count). The molecule has 0 aromatic heterocycles. The molecule has 78 valence electrons. The minimum atomic E-state index is -0.692. The van der Waals surface area contributed by atoms with Gasteiger partial charge in [-0.05, 0) is 17.7 Å². The zero-order valence-corrected chi connectivity index (χ0v) is 8.03. The molecule has 1 atom stereocenters. The van der Waals surface area contributed by atoms with E-state index in [1.165, 1.54) is 31.3 Å². The molecule has 1 fully saturated rings. The van der Waals surface area contributed by atoms with Gasteiger partial charge in [-0.15, -0.1) is 0 Å². The molecule has 4 nitrogen and oxygen atoms in total. The lowest BCUT2D eigenvalue weighted by molar-refractivity contribution is -0.126. The van der Waals surface area contributed by atoms with Crippen molar-refractivity contribution in [2.24, 2.45) is 0 Å². The highest BCUT2D eigenvalue weighted by Gasteiger charge is 2.36. The van der Waals surface area contributed by atoms with Crippen LogP contribution in [0.1, 0.15) is 11.6 Å². The fourth-order valence-electron chi connectivity index (χ4n) is 1.46. The number of imide groups is 1. The Hall–Kier alpha value is -1.91. The molecule has 0 radical (unpaired) electrons. The van der Waals surface area contributed by atoms with Gasteiger partial charge < -0.3 is 5.32 Å². The molecule has 0 spiro atoms. The highest BCUT2D eigenvalue weighted by molar-refractivity contribution is 6.04. The minimum absolute atomic E-state index is 0.327. The topological polar surface area (TPSA) is 49.4 Å². The average Bonchev–Trinajstić information content (AvgIpc) is 2.47. The SMILES string of the molecule is CN1C(=O)NC(c2ccc(F)cc2)C1=O. The Morgan fingerprint density at radius 1 is 1.27 bits per heavy atom. The standard InChI is InChI=1S/C10H9FN2O2/c1-13-9(14)8(12-10(13)15)6-2-4-7(11)5-3-6/h2-5,8H,1H3,(H,12,15). The van der Waals surface area contributed by atoms with Crippen molar-refractivity contribution in [3.05, 3.63) is 35.6 Å². The number of urea groups is 1. The molecular formula is C10H9FN2O2. The number of carbonyl (C=O) groups is 2. The molecule has 1 N–H and O–H groups in total. The third kappa shape index (κ3) is 1.56. The van der Waals surface area contributed by atoms with Crippen LogP contribution in [0.15, 0.2) is 24.3 Å². The molecule has 1 heterocycles. The first-order valence-corrected chi connectivity index (χ1v) is 4.43. The van der Waals surface area contributed by atoms with Gasteiger partial charge in [-0.2, -0.15) is 0 Å². The lowest BCUT2D eigenvalue weighted by Gasteiger charge is -2.07. The Balaban J connectivity index is 2.29. The van der Waals surface area contributed by atoms with E-state index in [1.54, 1.807) is 0 Å². The predicted octanol–water partition coefficient (Wildman–Crippen LogP) is 1.05. The summed E-state index contributed by atoms with van der Waals surface area (Å²) >= 11 is 0. The van der Waals surface area contributed by atoms with Gasteiger partial charge in [-0.3, -0.25) is 9.69 Å². The van der Waals surface area contributed by atoms with Crippen LogP contribution in [0.3, 0.4) is 0 Å². The second-order valence-electron chi connectivity index (χ2n) is 3.33. The van der Waals surface area contributed by atoms with Crippen LogP contribution in [0.25, 0.3) is 0 Å². The van der Waals surface area contributed by atoms with Gasteiger partial charge in [0.2, 0.25) is 0 Å². The quantitative estimate of drug-likeness (QED) is 0.701. The number of likely N-dealkylation sites (N-methyl/N-ethyl adjacent to an activating group) is 1. The van der Waals surface area contributed by atoms with Crippen molar-refractivity contribution in [2.75, 3.05) is 7.05 Å². The highest BCUT2D eigenvalue weighted by atomic mass is 19.1.